The summed E-state index contributed by atoms with van der Waals surface area (Å²) in [6.45, 7) is 9.81. The number of hydrogen-bond donors (Lipinski definition) is 2. The molecule has 120 valence electrons. The van der Waals surface area contributed by atoms with E-state index in [1.807, 2.05) is 6.92 Å². The lowest BCUT2D eigenvalue weighted by atomic mass is 9.96. The van der Waals surface area contributed by atoms with Crippen LogP contribution in [0.5, 0.6) is 0 Å². The predicted octanol–water partition coefficient (Wildman–Crippen LogP) is 3.64. The molecule has 0 heterocycles. The van der Waals surface area contributed by atoms with E-state index in [4.69, 9.17) is 4.74 Å². The molecule has 0 aliphatic carbocycles. The number of rotatable bonds is 11. The fourth-order valence-electron chi connectivity index (χ4n) is 2.26. The number of ether oxygens (including phenoxy) is 1. The van der Waals surface area contributed by atoms with Crippen LogP contribution in [0.3, 0.4) is 0 Å². The lowest BCUT2D eigenvalue weighted by Gasteiger charge is -2.14. The molecule has 0 aromatic heterocycles. The van der Waals surface area contributed by atoms with E-state index in [1.165, 1.54) is 5.56 Å². The second kappa shape index (κ2) is 10.8. The molecule has 3 heteroatoms. The molecule has 1 aromatic carbocycles. The van der Waals surface area contributed by atoms with Gasteiger partial charge in [0.15, 0.2) is 0 Å². The van der Waals surface area contributed by atoms with E-state index in [0.29, 0.717) is 5.92 Å². The Hall–Kier alpha value is -0.900. The lowest BCUT2D eigenvalue weighted by molar-refractivity contribution is 0.143. The monoisotopic (exact) mass is 293 g/mol. The normalized spacial score (nSPS) is 14.1. The number of nitrogens with one attached hydrogen (secondary N) is 1. The van der Waals surface area contributed by atoms with Crippen molar-refractivity contribution < 1.29 is 9.84 Å². The topological polar surface area (TPSA) is 41.5 Å². The molecular formula is C18H31NO2. The molecule has 0 saturated carbocycles. The number of aliphatic hydroxyl groups is 1. The fraction of sp³-hybridized carbons (Fsp3) is 0.667. The van der Waals surface area contributed by atoms with Crippen molar-refractivity contribution in [1.82, 2.24) is 5.32 Å². The molecule has 0 spiro atoms. The summed E-state index contributed by atoms with van der Waals surface area (Å²) in [6.07, 6.45) is 2.54. The smallest absolute Gasteiger partial charge is 0.0802 e. The van der Waals surface area contributed by atoms with E-state index < -0.39 is 0 Å². The predicted molar refractivity (Wildman–Crippen MR) is 88.7 cm³/mol. The van der Waals surface area contributed by atoms with Crippen molar-refractivity contribution in [1.29, 1.82) is 0 Å². The van der Waals surface area contributed by atoms with Crippen LogP contribution in [0.25, 0.3) is 0 Å². The second-order valence-corrected chi connectivity index (χ2v) is 5.58. The van der Waals surface area contributed by atoms with E-state index >= 15 is 0 Å². The van der Waals surface area contributed by atoms with Gasteiger partial charge < -0.3 is 15.2 Å². The van der Waals surface area contributed by atoms with Gasteiger partial charge in [0, 0.05) is 13.2 Å². The van der Waals surface area contributed by atoms with Crippen LogP contribution in [0.1, 0.15) is 63.2 Å². The van der Waals surface area contributed by atoms with Crippen LogP contribution < -0.4 is 5.32 Å². The van der Waals surface area contributed by atoms with Crippen molar-refractivity contribution >= 4 is 0 Å². The minimum Gasteiger partial charge on any atom is -0.388 e. The first-order valence-electron chi connectivity index (χ1n) is 8.25. The van der Waals surface area contributed by atoms with Gasteiger partial charge in [-0.1, -0.05) is 38.1 Å². The maximum Gasteiger partial charge on any atom is 0.0802 e. The van der Waals surface area contributed by atoms with Crippen LogP contribution in [0.2, 0.25) is 0 Å². The quantitative estimate of drug-likeness (QED) is 0.612. The highest BCUT2D eigenvalue weighted by Gasteiger charge is 2.08. The van der Waals surface area contributed by atoms with Crippen LogP contribution in [-0.4, -0.2) is 31.4 Å². The molecule has 1 rings (SSSR count). The summed E-state index contributed by atoms with van der Waals surface area (Å²) in [5.74, 6) is 0.586. The van der Waals surface area contributed by atoms with Crippen LogP contribution in [0.15, 0.2) is 24.3 Å². The molecule has 0 aliphatic rings. The lowest BCUT2D eigenvalue weighted by Crippen LogP contribution is -2.20. The van der Waals surface area contributed by atoms with Gasteiger partial charge in [-0.25, -0.2) is 0 Å². The number of benzene rings is 1. The van der Waals surface area contributed by atoms with Gasteiger partial charge in [-0.2, -0.15) is 0 Å². The molecule has 0 saturated heterocycles. The Morgan fingerprint density at radius 3 is 2.38 bits per heavy atom. The Labute approximate surface area is 129 Å². The molecule has 0 amide bonds. The number of aliphatic hydroxyl groups excluding tert-OH is 1. The Balaban J connectivity index is 2.24. The third-order valence-electron chi connectivity index (χ3n) is 3.94. The molecule has 0 fully saturated rings. The molecular weight excluding hydrogens is 262 g/mol. The molecule has 0 bridgehead atoms. The highest BCUT2D eigenvalue weighted by atomic mass is 16.5. The molecule has 0 radical (unpaired) electrons. The molecule has 2 atom stereocenters. The largest absolute Gasteiger partial charge is 0.388 e. The molecule has 0 aliphatic heterocycles. The maximum atomic E-state index is 10.2. The van der Waals surface area contributed by atoms with Gasteiger partial charge in [-0.3, -0.25) is 0 Å². The zero-order valence-corrected chi connectivity index (χ0v) is 13.8. The Morgan fingerprint density at radius 2 is 1.76 bits per heavy atom. The van der Waals surface area contributed by atoms with Gasteiger partial charge in [-0.15, -0.1) is 0 Å². The van der Waals surface area contributed by atoms with Gasteiger partial charge in [0.25, 0.3) is 0 Å². The van der Waals surface area contributed by atoms with Crippen molar-refractivity contribution in [3.05, 3.63) is 35.4 Å². The van der Waals surface area contributed by atoms with Gasteiger partial charge in [-0.05, 0) is 56.3 Å². The van der Waals surface area contributed by atoms with E-state index in [1.54, 1.807) is 0 Å². The van der Waals surface area contributed by atoms with Crippen LogP contribution in [0, 0.1) is 0 Å². The first kappa shape index (κ1) is 18.1. The average Bonchev–Trinajstić information content (AvgIpc) is 2.53. The van der Waals surface area contributed by atoms with Crippen LogP contribution in [0.4, 0.5) is 0 Å². The summed E-state index contributed by atoms with van der Waals surface area (Å²) in [5, 5.41) is 13.5. The third kappa shape index (κ3) is 7.07. The van der Waals surface area contributed by atoms with E-state index in [9.17, 15) is 5.11 Å². The Kier molecular flexibility index (Phi) is 9.31. The standard InChI is InChI=1S/C18H31NO2/c1-4-15(3)16-7-9-17(10-8-16)18(20)11-13-19-12-6-14-21-5-2/h7-10,15,18-20H,4-6,11-14H2,1-3H3. The Morgan fingerprint density at radius 1 is 1.10 bits per heavy atom. The van der Waals surface area contributed by atoms with Crippen molar-refractivity contribution in [2.45, 2.75) is 52.1 Å². The van der Waals surface area contributed by atoms with E-state index in [-0.39, 0.29) is 6.10 Å². The van der Waals surface area contributed by atoms with Crippen molar-refractivity contribution in [2.75, 3.05) is 26.3 Å². The SMILES string of the molecule is CCOCCCNCCC(O)c1ccc(C(C)CC)cc1. The number of hydrogen-bond acceptors (Lipinski definition) is 3. The van der Waals surface area contributed by atoms with Crippen LogP contribution >= 0.6 is 0 Å². The molecule has 1 aromatic rings. The molecule has 2 unspecified atom stereocenters. The fourth-order valence-corrected chi connectivity index (χ4v) is 2.26. The van der Waals surface area contributed by atoms with Gasteiger partial charge >= 0.3 is 0 Å². The molecule has 21 heavy (non-hydrogen) atoms. The van der Waals surface area contributed by atoms with Gasteiger partial charge in [0.1, 0.15) is 0 Å². The van der Waals surface area contributed by atoms with E-state index in [2.05, 4.69) is 43.4 Å². The summed E-state index contributed by atoms with van der Waals surface area (Å²) in [4.78, 5) is 0. The van der Waals surface area contributed by atoms with Crippen molar-refractivity contribution in [2.24, 2.45) is 0 Å². The first-order chi connectivity index (χ1) is 10.2. The maximum absolute atomic E-state index is 10.2. The summed E-state index contributed by atoms with van der Waals surface area (Å²) in [5.41, 5.74) is 2.36. The zero-order chi connectivity index (χ0) is 15.5. The minimum absolute atomic E-state index is 0.379. The zero-order valence-electron chi connectivity index (χ0n) is 13.8. The second-order valence-electron chi connectivity index (χ2n) is 5.58. The molecule has 2 N–H and O–H groups in total. The first-order valence-corrected chi connectivity index (χ1v) is 8.25. The highest BCUT2D eigenvalue weighted by Crippen LogP contribution is 2.22. The van der Waals surface area contributed by atoms with Gasteiger partial charge in [0.2, 0.25) is 0 Å². The van der Waals surface area contributed by atoms with Crippen molar-refractivity contribution in [3.8, 4) is 0 Å². The highest BCUT2D eigenvalue weighted by molar-refractivity contribution is 5.26. The summed E-state index contributed by atoms with van der Waals surface area (Å²) in [6, 6.07) is 8.40. The molecule has 3 nitrogen and oxygen atoms in total. The average molecular weight is 293 g/mol. The summed E-state index contributed by atoms with van der Waals surface area (Å²) in [7, 11) is 0. The Bertz CT molecular complexity index is 364. The van der Waals surface area contributed by atoms with Crippen LogP contribution in [-0.2, 0) is 4.74 Å². The summed E-state index contributed by atoms with van der Waals surface area (Å²) < 4.78 is 5.28. The van der Waals surface area contributed by atoms with E-state index in [0.717, 1.165) is 51.1 Å². The minimum atomic E-state index is -0.379. The van der Waals surface area contributed by atoms with Gasteiger partial charge in [0.05, 0.1) is 6.10 Å². The third-order valence-corrected chi connectivity index (χ3v) is 3.94. The summed E-state index contributed by atoms with van der Waals surface area (Å²) >= 11 is 0. The van der Waals surface area contributed by atoms with Crippen molar-refractivity contribution in [3.63, 3.8) is 0 Å².